The fourth-order valence-electron chi connectivity index (χ4n) is 4.51. The largest absolute Gasteiger partial charge is 0.494 e. The molecule has 2 heterocycles. The van der Waals surface area contributed by atoms with E-state index in [1.807, 2.05) is 19.1 Å². The zero-order chi connectivity index (χ0) is 22.5. The van der Waals surface area contributed by atoms with E-state index in [0.717, 1.165) is 69.7 Å². The number of nitrogens with zero attached hydrogens (tertiary/aromatic N) is 2. The zero-order valence-electron chi connectivity index (χ0n) is 18.7. The molecule has 1 aromatic carbocycles. The Labute approximate surface area is 193 Å². The number of fused-ring (bicyclic) bond motifs is 1. The van der Waals surface area contributed by atoms with E-state index in [4.69, 9.17) is 10.5 Å². The maximum absolute atomic E-state index is 12.7. The molecule has 1 aliphatic heterocycles. The van der Waals surface area contributed by atoms with Gasteiger partial charge in [0.05, 0.1) is 18.7 Å². The van der Waals surface area contributed by atoms with E-state index < -0.39 is 5.91 Å². The summed E-state index contributed by atoms with van der Waals surface area (Å²) in [6.07, 6.45) is 4.03. The van der Waals surface area contributed by atoms with Crippen LogP contribution in [0.2, 0.25) is 0 Å². The van der Waals surface area contributed by atoms with E-state index >= 15 is 0 Å². The van der Waals surface area contributed by atoms with Crippen LogP contribution in [0.5, 0.6) is 5.75 Å². The number of nitrogens with one attached hydrogen (secondary N) is 1. The van der Waals surface area contributed by atoms with Gasteiger partial charge in [0.1, 0.15) is 10.8 Å². The lowest BCUT2D eigenvalue weighted by Gasteiger charge is -2.34. The van der Waals surface area contributed by atoms with Crippen molar-refractivity contribution in [1.29, 1.82) is 0 Å². The van der Waals surface area contributed by atoms with Crippen LogP contribution < -0.4 is 15.8 Å². The summed E-state index contributed by atoms with van der Waals surface area (Å²) in [5, 5.41) is 3.60. The normalized spacial score (nSPS) is 17.0. The predicted octanol–water partition coefficient (Wildman–Crippen LogP) is 2.88. The van der Waals surface area contributed by atoms with Crippen LogP contribution in [0.1, 0.15) is 46.1 Å². The first-order valence-corrected chi connectivity index (χ1v) is 12.3. The maximum Gasteiger partial charge on any atom is 0.251 e. The van der Waals surface area contributed by atoms with Crippen molar-refractivity contribution in [2.45, 2.75) is 39.2 Å². The molecule has 0 bridgehead atoms. The van der Waals surface area contributed by atoms with Crippen LogP contribution >= 0.6 is 11.3 Å². The second-order valence-corrected chi connectivity index (χ2v) is 9.56. The number of ether oxygens (including phenoxy) is 1. The molecule has 2 aromatic rings. The fourth-order valence-corrected chi connectivity index (χ4v) is 5.82. The number of benzene rings is 1. The fraction of sp³-hybridized carbons (Fsp3) is 0.500. The quantitative estimate of drug-likeness (QED) is 0.638. The van der Waals surface area contributed by atoms with Crippen molar-refractivity contribution in [3.8, 4) is 5.75 Å². The molecule has 3 N–H and O–H groups in total. The summed E-state index contributed by atoms with van der Waals surface area (Å²) in [6, 6.07) is 8.26. The van der Waals surface area contributed by atoms with Gasteiger partial charge in [-0.15, -0.1) is 11.3 Å². The van der Waals surface area contributed by atoms with Crippen molar-refractivity contribution in [2.75, 3.05) is 44.6 Å². The minimum absolute atomic E-state index is 0.0777. The highest BCUT2D eigenvalue weighted by atomic mass is 32.1. The number of piperazine rings is 1. The molecule has 1 aromatic heterocycles. The molecule has 4 rings (SSSR count). The molecule has 172 valence electrons. The molecule has 32 heavy (non-hydrogen) atoms. The third-order valence-corrected chi connectivity index (χ3v) is 7.35. The Morgan fingerprint density at radius 2 is 1.75 bits per heavy atom. The molecule has 2 aliphatic rings. The monoisotopic (exact) mass is 456 g/mol. The highest BCUT2D eigenvalue weighted by molar-refractivity contribution is 7.17. The maximum atomic E-state index is 12.7. The van der Waals surface area contributed by atoms with E-state index in [0.29, 0.717) is 23.7 Å². The lowest BCUT2D eigenvalue weighted by atomic mass is 9.95. The van der Waals surface area contributed by atoms with Crippen molar-refractivity contribution >= 4 is 28.2 Å². The summed E-state index contributed by atoms with van der Waals surface area (Å²) in [5.41, 5.74) is 8.48. The van der Waals surface area contributed by atoms with Gasteiger partial charge < -0.3 is 15.8 Å². The van der Waals surface area contributed by atoms with Crippen LogP contribution in [-0.2, 0) is 24.2 Å². The number of thiophene rings is 1. The summed E-state index contributed by atoms with van der Waals surface area (Å²) >= 11 is 1.52. The second kappa shape index (κ2) is 10.5. The zero-order valence-corrected chi connectivity index (χ0v) is 19.5. The highest BCUT2D eigenvalue weighted by Gasteiger charge is 2.26. The average Bonchev–Trinajstić information content (AvgIpc) is 3.14. The molecule has 7 nitrogen and oxygen atoms in total. The van der Waals surface area contributed by atoms with Gasteiger partial charge in [-0.1, -0.05) is 12.1 Å². The van der Waals surface area contributed by atoms with Gasteiger partial charge in [-0.3, -0.25) is 19.4 Å². The number of hydrogen-bond donors (Lipinski definition) is 2. The van der Waals surface area contributed by atoms with Crippen molar-refractivity contribution in [3.05, 3.63) is 45.8 Å². The summed E-state index contributed by atoms with van der Waals surface area (Å²) in [4.78, 5) is 30.5. The van der Waals surface area contributed by atoms with Crippen LogP contribution in [0.3, 0.4) is 0 Å². The van der Waals surface area contributed by atoms with Gasteiger partial charge in [0.2, 0.25) is 5.91 Å². The molecule has 0 saturated carbocycles. The Kier molecular flexibility index (Phi) is 7.44. The van der Waals surface area contributed by atoms with Crippen molar-refractivity contribution < 1.29 is 14.3 Å². The molecular weight excluding hydrogens is 424 g/mol. The van der Waals surface area contributed by atoms with E-state index in [2.05, 4.69) is 27.2 Å². The molecule has 0 spiro atoms. The highest BCUT2D eigenvalue weighted by Crippen LogP contribution is 2.37. The van der Waals surface area contributed by atoms with Crippen molar-refractivity contribution in [2.24, 2.45) is 5.73 Å². The van der Waals surface area contributed by atoms with Gasteiger partial charge >= 0.3 is 0 Å². The van der Waals surface area contributed by atoms with E-state index in [1.165, 1.54) is 21.8 Å². The van der Waals surface area contributed by atoms with E-state index in [-0.39, 0.29) is 5.91 Å². The third-order valence-electron chi connectivity index (χ3n) is 6.14. The van der Waals surface area contributed by atoms with Crippen LogP contribution in [0.15, 0.2) is 24.3 Å². The Balaban J connectivity index is 1.27. The Morgan fingerprint density at radius 3 is 2.44 bits per heavy atom. The van der Waals surface area contributed by atoms with Gasteiger partial charge in [0.15, 0.2) is 0 Å². The molecule has 1 saturated heterocycles. The number of carbonyl (C=O) groups excluding carboxylic acids is 2. The molecule has 0 unspecified atom stereocenters. The smallest absolute Gasteiger partial charge is 0.251 e. The third kappa shape index (κ3) is 5.49. The topological polar surface area (TPSA) is 87.9 Å². The van der Waals surface area contributed by atoms with Crippen molar-refractivity contribution in [1.82, 2.24) is 9.80 Å². The number of rotatable bonds is 8. The number of nitrogens with two attached hydrogens (primary N) is 1. The van der Waals surface area contributed by atoms with Gasteiger partial charge in [-0.25, -0.2) is 0 Å². The average molecular weight is 457 g/mol. The van der Waals surface area contributed by atoms with Crippen molar-refractivity contribution in [3.63, 3.8) is 0 Å². The van der Waals surface area contributed by atoms with Crippen LogP contribution in [0.25, 0.3) is 0 Å². The number of aryl methyl sites for hydroxylation is 1. The summed E-state index contributed by atoms with van der Waals surface area (Å²) in [6.45, 7) is 7.40. The second-order valence-electron chi connectivity index (χ2n) is 8.46. The lowest BCUT2D eigenvalue weighted by Crippen LogP contribution is -2.48. The number of hydrogen-bond acceptors (Lipinski definition) is 6. The summed E-state index contributed by atoms with van der Waals surface area (Å²) < 4.78 is 5.51. The molecule has 8 heteroatoms. The number of anilines is 1. The number of carbonyl (C=O) groups is 2. The molecular formula is C24H32N4O3S. The lowest BCUT2D eigenvalue weighted by molar-refractivity contribution is -0.117. The van der Waals surface area contributed by atoms with Crippen LogP contribution in [-0.4, -0.2) is 60.9 Å². The van der Waals surface area contributed by atoms with Crippen LogP contribution in [0.4, 0.5) is 5.00 Å². The van der Waals surface area contributed by atoms with Gasteiger partial charge in [-0.2, -0.15) is 0 Å². The first-order valence-electron chi connectivity index (χ1n) is 11.4. The Hall–Kier alpha value is -2.42. The van der Waals surface area contributed by atoms with Gasteiger partial charge in [0.25, 0.3) is 5.91 Å². The number of amides is 2. The van der Waals surface area contributed by atoms with Crippen LogP contribution in [0, 0.1) is 0 Å². The first-order chi connectivity index (χ1) is 15.5. The SMILES string of the molecule is CCOc1ccc(CN2CCN(CC(=O)Nc3sc4c(c3C(N)=O)CCCC4)CC2)cc1. The molecule has 0 radical (unpaired) electrons. The molecule has 2 amide bonds. The minimum Gasteiger partial charge on any atom is -0.494 e. The molecule has 1 fully saturated rings. The Morgan fingerprint density at radius 1 is 1.06 bits per heavy atom. The first kappa shape index (κ1) is 22.8. The summed E-state index contributed by atoms with van der Waals surface area (Å²) in [5.74, 6) is 0.381. The summed E-state index contributed by atoms with van der Waals surface area (Å²) in [7, 11) is 0. The molecule has 0 atom stereocenters. The minimum atomic E-state index is -0.442. The molecule has 1 aliphatic carbocycles. The van der Waals surface area contributed by atoms with Gasteiger partial charge in [-0.05, 0) is 55.9 Å². The predicted molar refractivity (Wildman–Crippen MR) is 127 cm³/mol. The standard InChI is InChI=1S/C24H32N4O3S/c1-2-31-18-9-7-17(8-10-18)15-27-11-13-28(14-12-27)16-21(29)26-24-22(23(25)30)19-5-3-4-6-20(19)32-24/h7-10H,2-6,11-16H2,1H3,(H2,25,30)(H,26,29). The van der Waals surface area contributed by atoms with E-state index in [9.17, 15) is 9.59 Å². The van der Waals surface area contributed by atoms with Gasteiger partial charge in [0, 0.05) is 37.6 Å². The number of primary amides is 1. The van der Waals surface area contributed by atoms with E-state index in [1.54, 1.807) is 0 Å². The Bertz CT molecular complexity index is 949.